The standard InChI is InChI=1S/C12H12F3NO4/c13-12(14,15)8(11(17)18)5-16-4-7-2-1-3-9-10(7)20-6-19-9/h1-3,8,16H,4-6H2,(H,17,18). The Morgan fingerprint density at radius 1 is 1.40 bits per heavy atom. The van der Waals surface area contributed by atoms with Gasteiger partial charge in [-0.1, -0.05) is 12.1 Å². The van der Waals surface area contributed by atoms with Crippen LogP contribution in [0.4, 0.5) is 13.2 Å². The largest absolute Gasteiger partial charge is 0.481 e. The Balaban J connectivity index is 1.96. The van der Waals surface area contributed by atoms with Crippen LogP contribution in [0.3, 0.4) is 0 Å². The minimum absolute atomic E-state index is 0.0619. The fourth-order valence-corrected chi connectivity index (χ4v) is 1.82. The molecule has 0 amide bonds. The molecule has 20 heavy (non-hydrogen) atoms. The highest BCUT2D eigenvalue weighted by Gasteiger charge is 2.44. The molecule has 8 heteroatoms. The Morgan fingerprint density at radius 2 is 2.15 bits per heavy atom. The number of hydrogen-bond donors (Lipinski definition) is 2. The van der Waals surface area contributed by atoms with E-state index in [4.69, 9.17) is 14.6 Å². The van der Waals surface area contributed by atoms with E-state index in [9.17, 15) is 18.0 Å². The molecule has 1 unspecified atom stereocenters. The number of halogens is 3. The molecule has 1 heterocycles. The molecule has 1 aliphatic heterocycles. The van der Waals surface area contributed by atoms with E-state index in [1.165, 1.54) is 0 Å². The van der Waals surface area contributed by atoms with Crippen molar-refractivity contribution in [2.24, 2.45) is 5.92 Å². The van der Waals surface area contributed by atoms with Crippen LogP contribution in [0.5, 0.6) is 11.5 Å². The van der Waals surface area contributed by atoms with Crippen LogP contribution < -0.4 is 14.8 Å². The lowest BCUT2D eigenvalue weighted by molar-refractivity contribution is -0.192. The van der Waals surface area contributed by atoms with Gasteiger partial charge in [-0.05, 0) is 6.07 Å². The quantitative estimate of drug-likeness (QED) is 0.865. The molecule has 0 spiro atoms. The molecule has 0 saturated carbocycles. The van der Waals surface area contributed by atoms with E-state index < -0.39 is 24.6 Å². The molecule has 1 aliphatic rings. The third-order valence-electron chi connectivity index (χ3n) is 2.84. The summed E-state index contributed by atoms with van der Waals surface area (Å²) < 4.78 is 47.7. The van der Waals surface area contributed by atoms with Crippen LogP contribution in [-0.2, 0) is 11.3 Å². The van der Waals surface area contributed by atoms with Crippen LogP contribution in [0.2, 0.25) is 0 Å². The molecule has 0 bridgehead atoms. The van der Waals surface area contributed by atoms with Gasteiger partial charge in [0.05, 0.1) is 0 Å². The summed E-state index contributed by atoms with van der Waals surface area (Å²) in [6, 6.07) is 5.04. The molecular weight excluding hydrogens is 279 g/mol. The molecule has 110 valence electrons. The number of para-hydroxylation sites is 1. The molecule has 0 saturated heterocycles. The van der Waals surface area contributed by atoms with Crippen molar-refractivity contribution in [2.75, 3.05) is 13.3 Å². The van der Waals surface area contributed by atoms with Crippen LogP contribution in [0, 0.1) is 5.92 Å². The molecule has 1 aromatic rings. The molecular formula is C12H12F3NO4. The van der Waals surface area contributed by atoms with E-state index in [0.29, 0.717) is 17.1 Å². The molecule has 0 aromatic heterocycles. The third-order valence-corrected chi connectivity index (χ3v) is 2.84. The summed E-state index contributed by atoms with van der Waals surface area (Å²) in [5, 5.41) is 11.0. The van der Waals surface area contributed by atoms with Gasteiger partial charge in [-0.15, -0.1) is 0 Å². The maximum Gasteiger partial charge on any atom is 0.403 e. The zero-order chi connectivity index (χ0) is 14.8. The lowest BCUT2D eigenvalue weighted by Crippen LogP contribution is -2.38. The zero-order valence-electron chi connectivity index (χ0n) is 10.2. The number of nitrogens with one attached hydrogen (secondary N) is 1. The Labute approximate surface area is 112 Å². The number of ether oxygens (including phenoxy) is 2. The van der Waals surface area contributed by atoms with E-state index in [1.54, 1.807) is 18.2 Å². The van der Waals surface area contributed by atoms with E-state index in [2.05, 4.69) is 5.32 Å². The Hall–Kier alpha value is -1.96. The van der Waals surface area contributed by atoms with Crippen molar-refractivity contribution in [2.45, 2.75) is 12.7 Å². The summed E-state index contributed by atoms with van der Waals surface area (Å²) in [4.78, 5) is 10.6. The van der Waals surface area contributed by atoms with Crippen LogP contribution in [-0.4, -0.2) is 30.6 Å². The van der Waals surface area contributed by atoms with E-state index >= 15 is 0 Å². The van der Waals surface area contributed by atoms with Crippen LogP contribution in [0.1, 0.15) is 5.56 Å². The highest BCUT2D eigenvalue weighted by molar-refractivity contribution is 5.71. The van der Waals surface area contributed by atoms with Gasteiger partial charge < -0.3 is 19.9 Å². The topological polar surface area (TPSA) is 67.8 Å². The maximum atomic E-state index is 12.5. The lowest BCUT2D eigenvalue weighted by atomic mass is 10.1. The van der Waals surface area contributed by atoms with Crippen molar-refractivity contribution in [1.82, 2.24) is 5.32 Å². The molecule has 2 N–H and O–H groups in total. The average molecular weight is 291 g/mol. The van der Waals surface area contributed by atoms with Gasteiger partial charge in [0.15, 0.2) is 17.4 Å². The average Bonchev–Trinajstić information content (AvgIpc) is 2.81. The highest BCUT2D eigenvalue weighted by atomic mass is 19.4. The van der Waals surface area contributed by atoms with E-state index in [1.807, 2.05) is 0 Å². The number of carboxylic acids is 1. The Bertz CT molecular complexity index is 504. The highest BCUT2D eigenvalue weighted by Crippen LogP contribution is 2.35. The second kappa shape index (κ2) is 5.58. The van der Waals surface area contributed by atoms with Crippen LogP contribution in [0.15, 0.2) is 18.2 Å². The van der Waals surface area contributed by atoms with E-state index in [-0.39, 0.29) is 13.3 Å². The van der Waals surface area contributed by atoms with Crippen molar-refractivity contribution >= 4 is 5.97 Å². The molecule has 0 radical (unpaired) electrons. The summed E-state index contributed by atoms with van der Waals surface area (Å²) in [5.41, 5.74) is 0.617. The zero-order valence-corrected chi connectivity index (χ0v) is 10.2. The van der Waals surface area contributed by atoms with Gasteiger partial charge in [0.2, 0.25) is 6.79 Å². The molecule has 1 aromatic carbocycles. The number of benzene rings is 1. The third kappa shape index (κ3) is 3.13. The molecule has 0 aliphatic carbocycles. The minimum atomic E-state index is -4.78. The summed E-state index contributed by atoms with van der Waals surface area (Å²) in [6.45, 7) is -0.581. The van der Waals surface area contributed by atoms with Crippen molar-refractivity contribution in [3.63, 3.8) is 0 Å². The first-order chi connectivity index (χ1) is 9.39. The lowest BCUT2D eigenvalue weighted by Gasteiger charge is -2.16. The predicted octanol–water partition coefficient (Wildman–Crippen LogP) is 1.77. The monoisotopic (exact) mass is 291 g/mol. The van der Waals surface area contributed by atoms with Crippen LogP contribution >= 0.6 is 0 Å². The Morgan fingerprint density at radius 3 is 2.80 bits per heavy atom. The predicted molar refractivity (Wildman–Crippen MR) is 61.5 cm³/mol. The van der Waals surface area contributed by atoms with Crippen LogP contribution in [0.25, 0.3) is 0 Å². The van der Waals surface area contributed by atoms with Gasteiger partial charge in [0.25, 0.3) is 0 Å². The molecule has 2 rings (SSSR count). The van der Waals surface area contributed by atoms with Crippen molar-refractivity contribution < 1.29 is 32.5 Å². The molecule has 0 fully saturated rings. The fraction of sp³-hybridized carbons (Fsp3) is 0.417. The second-order valence-corrected chi connectivity index (χ2v) is 4.21. The number of aliphatic carboxylic acids is 1. The van der Waals surface area contributed by atoms with Gasteiger partial charge in [0, 0.05) is 18.7 Å². The number of carboxylic acid groups (broad SMARTS) is 1. The summed E-state index contributed by atoms with van der Waals surface area (Å²) in [7, 11) is 0. The number of fused-ring (bicyclic) bond motifs is 1. The first-order valence-corrected chi connectivity index (χ1v) is 5.77. The normalized spacial score (nSPS) is 15.2. The Kier molecular flexibility index (Phi) is 4.03. The summed E-state index contributed by atoms with van der Waals surface area (Å²) >= 11 is 0. The van der Waals surface area contributed by atoms with Gasteiger partial charge in [0.1, 0.15) is 0 Å². The van der Waals surface area contributed by atoms with Crippen molar-refractivity contribution in [3.05, 3.63) is 23.8 Å². The first kappa shape index (κ1) is 14.4. The van der Waals surface area contributed by atoms with Crippen molar-refractivity contribution in [1.29, 1.82) is 0 Å². The van der Waals surface area contributed by atoms with Gasteiger partial charge in [-0.3, -0.25) is 4.79 Å². The molecule has 1 atom stereocenters. The maximum absolute atomic E-state index is 12.5. The first-order valence-electron chi connectivity index (χ1n) is 5.77. The smallest absolute Gasteiger partial charge is 0.403 e. The van der Waals surface area contributed by atoms with Gasteiger partial charge in [-0.25, -0.2) is 0 Å². The number of carbonyl (C=O) groups is 1. The van der Waals surface area contributed by atoms with Gasteiger partial charge in [-0.2, -0.15) is 13.2 Å². The minimum Gasteiger partial charge on any atom is -0.481 e. The summed E-state index contributed by atoms with van der Waals surface area (Å²) in [6.07, 6.45) is -4.78. The number of rotatable bonds is 5. The number of hydrogen-bond acceptors (Lipinski definition) is 4. The SMILES string of the molecule is O=C(O)C(CNCc1cccc2c1OCO2)C(F)(F)F. The van der Waals surface area contributed by atoms with E-state index in [0.717, 1.165) is 0 Å². The summed E-state index contributed by atoms with van der Waals surface area (Å²) in [5.74, 6) is -3.34. The number of alkyl halides is 3. The second-order valence-electron chi connectivity index (χ2n) is 4.21. The molecule has 5 nitrogen and oxygen atoms in total. The van der Waals surface area contributed by atoms with Gasteiger partial charge >= 0.3 is 12.1 Å². The van der Waals surface area contributed by atoms with Crippen molar-refractivity contribution in [3.8, 4) is 11.5 Å². The fourth-order valence-electron chi connectivity index (χ4n) is 1.82.